The maximum atomic E-state index is 4.39. The molecule has 0 aliphatic heterocycles. The first kappa shape index (κ1) is 28.1. The van der Waals surface area contributed by atoms with Gasteiger partial charge in [-0.2, -0.15) is 0 Å². The van der Waals surface area contributed by atoms with E-state index < -0.39 is 0 Å². The molecule has 4 aromatic carbocycles. The fourth-order valence-electron chi connectivity index (χ4n) is 6.90. The van der Waals surface area contributed by atoms with Crippen molar-refractivity contribution in [2.45, 2.75) is 63.2 Å². The molecule has 0 amide bonds. The maximum absolute atomic E-state index is 4.39. The first-order chi connectivity index (χ1) is 21.8. The first-order valence-electron chi connectivity index (χ1n) is 16.1. The highest BCUT2D eigenvalue weighted by Crippen LogP contribution is 2.34. The smallest absolute Gasteiger partial charge is 0.0923 e. The molecular weight excluding hydrogens is 536 g/mol. The number of H-pyrrole nitrogens is 2. The summed E-state index contributed by atoms with van der Waals surface area (Å²) in [7, 11) is 0. The number of imidazole rings is 2. The Morgan fingerprint density at radius 1 is 0.591 bits per heavy atom. The van der Waals surface area contributed by atoms with E-state index in [1.807, 2.05) is 12.4 Å². The Morgan fingerprint density at radius 3 is 1.48 bits per heavy atom. The minimum Gasteiger partial charge on any atom is -0.351 e. The third-order valence-electron chi connectivity index (χ3n) is 9.16. The number of aromatic nitrogens is 4. The van der Waals surface area contributed by atoms with Gasteiger partial charge in [0.1, 0.15) is 0 Å². The molecule has 2 heterocycles. The quantitative estimate of drug-likeness (QED) is 0.194. The molecule has 0 saturated heterocycles. The van der Waals surface area contributed by atoms with E-state index in [4.69, 9.17) is 0 Å². The van der Waals surface area contributed by atoms with Crippen LogP contribution in [0.15, 0.2) is 122 Å². The zero-order valence-corrected chi connectivity index (χ0v) is 25.3. The van der Waals surface area contributed by atoms with Crippen LogP contribution in [0.1, 0.15) is 84.0 Å². The van der Waals surface area contributed by atoms with Crippen molar-refractivity contribution in [3.63, 3.8) is 0 Å². The molecule has 2 aromatic heterocycles. The lowest BCUT2D eigenvalue weighted by molar-refractivity contribution is 0.654. The molecule has 44 heavy (non-hydrogen) atoms. The number of hydrogen-bond acceptors (Lipinski definition) is 2. The fraction of sp³-hybridized carbons (Fsp3) is 0.250. The van der Waals surface area contributed by atoms with Crippen LogP contribution in [-0.2, 0) is 12.8 Å². The molecular formula is C40H40N4. The number of hydrogen-bond donors (Lipinski definition) is 2. The van der Waals surface area contributed by atoms with Gasteiger partial charge in [0, 0.05) is 37.1 Å². The Kier molecular flexibility index (Phi) is 8.49. The third-order valence-corrected chi connectivity index (χ3v) is 9.16. The predicted octanol–water partition coefficient (Wildman–Crippen LogP) is 9.95. The summed E-state index contributed by atoms with van der Waals surface area (Å²) < 4.78 is 0. The third kappa shape index (κ3) is 6.45. The molecule has 6 aromatic rings. The summed E-state index contributed by atoms with van der Waals surface area (Å²) in [5.41, 5.74) is 7.83. The normalized spacial score (nSPS) is 17.9. The molecule has 2 N–H and O–H groups in total. The molecule has 220 valence electrons. The molecule has 4 nitrogen and oxygen atoms in total. The summed E-state index contributed by atoms with van der Waals surface area (Å²) >= 11 is 0. The van der Waals surface area contributed by atoms with Crippen molar-refractivity contribution < 1.29 is 0 Å². The van der Waals surface area contributed by atoms with Gasteiger partial charge < -0.3 is 9.97 Å². The van der Waals surface area contributed by atoms with Gasteiger partial charge in [0.25, 0.3) is 0 Å². The van der Waals surface area contributed by atoms with E-state index in [1.54, 1.807) is 12.7 Å². The lowest BCUT2D eigenvalue weighted by Crippen LogP contribution is -2.01. The van der Waals surface area contributed by atoms with Crippen LogP contribution in [0.25, 0.3) is 21.5 Å². The van der Waals surface area contributed by atoms with Gasteiger partial charge in [-0.25, -0.2) is 9.97 Å². The number of fused-ring (bicyclic) bond motifs is 2. The van der Waals surface area contributed by atoms with Crippen LogP contribution in [-0.4, -0.2) is 19.9 Å². The van der Waals surface area contributed by atoms with E-state index >= 15 is 0 Å². The number of rotatable bonds is 6. The average Bonchev–Trinajstić information content (AvgIpc) is 3.81. The molecule has 0 fully saturated rings. The second-order valence-electron chi connectivity index (χ2n) is 12.2. The monoisotopic (exact) mass is 576 g/mol. The Hall–Kier alpha value is -4.70. The molecule has 0 spiro atoms. The van der Waals surface area contributed by atoms with Gasteiger partial charge in [0.15, 0.2) is 0 Å². The molecule has 0 saturated carbocycles. The lowest BCUT2D eigenvalue weighted by atomic mass is 9.86. The van der Waals surface area contributed by atoms with Gasteiger partial charge in [0.05, 0.1) is 24.0 Å². The topological polar surface area (TPSA) is 57.4 Å². The Morgan fingerprint density at radius 2 is 1.07 bits per heavy atom. The molecule has 8 rings (SSSR count). The number of aromatic amines is 2. The van der Waals surface area contributed by atoms with Gasteiger partial charge in [0.2, 0.25) is 0 Å². The van der Waals surface area contributed by atoms with Gasteiger partial charge in [-0.1, -0.05) is 97.1 Å². The van der Waals surface area contributed by atoms with Crippen molar-refractivity contribution in [1.82, 2.24) is 19.9 Å². The summed E-state index contributed by atoms with van der Waals surface area (Å²) in [5, 5.41) is 5.36. The molecule has 0 radical (unpaired) electrons. The first-order valence-corrected chi connectivity index (χ1v) is 16.1. The van der Waals surface area contributed by atoms with Gasteiger partial charge >= 0.3 is 0 Å². The standard InChI is InChI=1S/2C20H20N2/c2*1-2-6-15(7-3-1)17-10-16-8-4-5-9-20(16)18(11-17)12-19-13-21-14-22-19/h2*2,4-6,8-11,13-15H,1,3,7,12H2,(H,21,22). The average molecular weight is 577 g/mol. The highest BCUT2D eigenvalue weighted by atomic mass is 14.9. The Balaban J connectivity index is 0.000000142. The second-order valence-corrected chi connectivity index (χ2v) is 12.2. The van der Waals surface area contributed by atoms with E-state index in [-0.39, 0.29) is 0 Å². The van der Waals surface area contributed by atoms with Gasteiger partial charge in [-0.3, -0.25) is 0 Å². The zero-order chi connectivity index (χ0) is 29.6. The summed E-state index contributed by atoms with van der Waals surface area (Å²) in [6, 6.07) is 26.9. The maximum Gasteiger partial charge on any atom is 0.0923 e. The lowest BCUT2D eigenvalue weighted by Gasteiger charge is -2.19. The van der Waals surface area contributed by atoms with E-state index in [0.717, 1.165) is 24.2 Å². The van der Waals surface area contributed by atoms with E-state index in [9.17, 15) is 0 Å². The van der Waals surface area contributed by atoms with Crippen molar-refractivity contribution in [3.8, 4) is 0 Å². The van der Waals surface area contributed by atoms with Crippen LogP contribution >= 0.6 is 0 Å². The fourth-order valence-corrected chi connectivity index (χ4v) is 6.90. The van der Waals surface area contributed by atoms with Crippen molar-refractivity contribution in [1.29, 1.82) is 0 Å². The molecule has 2 atom stereocenters. The molecule has 2 unspecified atom stereocenters. The number of nitrogens with zero attached hydrogens (tertiary/aromatic N) is 2. The summed E-state index contributed by atoms with van der Waals surface area (Å²) in [4.78, 5) is 14.9. The van der Waals surface area contributed by atoms with Crippen molar-refractivity contribution >= 4 is 21.5 Å². The largest absolute Gasteiger partial charge is 0.351 e. The number of benzene rings is 4. The van der Waals surface area contributed by atoms with E-state index in [1.165, 1.54) is 82.3 Å². The Labute approximate surface area is 260 Å². The molecule has 2 aliphatic carbocycles. The molecule has 4 heteroatoms. The summed E-state index contributed by atoms with van der Waals surface area (Å²) in [6.45, 7) is 0. The van der Waals surface area contributed by atoms with Crippen LogP contribution in [0.4, 0.5) is 0 Å². The predicted molar refractivity (Wildman–Crippen MR) is 182 cm³/mol. The van der Waals surface area contributed by atoms with Crippen molar-refractivity contribution in [2.75, 3.05) is 0 Å². The zero-order valence-electron chi connectivity index (χ0n) is 25.3. The minimum atomic E-state index is 0.566. The highest BCUT2D eigenvalue weighted by molar-refractivity contribution is 5.87. The van der Waals surface area contributed by atoms with E-state index in [2.05, 4.69) is 117 Å². The van der Waals surface area contributed by atoms with Crippen LogP contribution < -0.4 is 0 Å². The summed E-state index contributed by atoms with van der Waals surface area (Å²) in [6.07, 6.45) is 26.2. The van der Waals surface area contributed by atoms with E-state index in [0.29, 0.717) is 11.8 Å². The molecule has 0 bridgehead atoms. The van der Waals surface area contributed by atoms with Gasteiger partial charge in [-0.05, 0) is 82.3 Å². The minimum absolute atomic E-state index is 0.566. The van der Waals surface area contributed by atoms with Crippen molar-refractivity contribution in [2.24, 2.45) is 0 Å². The van der Waals surface area contributed by atoms with Crippen molar-refractivity contribution in [3.05, 3.63) is 156 Å². The van der Waals surface area contributed by atoms with Crippen LogP contribution in [0.3, 0.4) is 0 Å². The number of allylic oxidation sites excluding steroid dienone is 4. The van der Waals surface area contributed by atoms with Crippen LogP contribution in [0.2, 0.25) is 0 Å². The molecule has 2 aliphatic rings. The SMILES string of the molecule is C1=CC(c2cc(Cc3c[nH]cn3)c3ccccc3c2)CCC1.C1=CC(c2cc(Cc3c[nH]cn3)c3ccccc3c2)CCC1. The summed E-state index contributed by atoms with van der Waals surface area (Å²) in [5.74, 6) is 1.13. The highest BCUT2D eigenvalue weighted by Gasteiger charge is 2.15. The number of nitrogens with one attached hydrogen (secondary N) is 2. The van der Waals surface area contributed by atoms with Crippen LogP contribution in [0, 0.1) is 0 Å². The second kappa shape index (κ2) is 13.3. The van der Waals surface area contributed by atoms with Crippen LogP contribution in [0.5, 0.6) is 0 Å². The van der Waals surface area contributed by atoms with Gasteiger partial charge in [-0.15, -0.1) is 0 Å². The Bertz CT molecular complexity index is 1740.